The number of hydrogen-bond acceptors (Lipinski definition) is 7. The largest absolute Gasteiger partial charge is 0.368 e. The normalized spacial score (nSPS) is 19.0. The molecule has 2 aromatic rings. The lowest BCUT2D eigenvalue weighted by atomic mass is 9.94. The van der Waals surface area contributed by atoms with E-state index in [0.717, 1.165) is 38.6 Å². The first kappa shape index (κ1) is 19.3. The number of carbonyl (C=O) groups excluding carboxylic acids is 1. The van der Waals surface area contributed by atoms with Gasteiger partial charge in [-0.3, -0.25) is 9.78 Å². The van der Waals surface area contributed by atoms with E-state index in [2.05, 4.69) is 44.7 Å². The summed E-state index contributed by atoms with van der Waals surface area (Å²) in [7, 11) is 0. The fourth-order valence-corrected chi connectivity index (χ4v) is 3.43. The molecule has 2 aromatic heterocycles. The fraction of sp³-hybridized carbons (Fsp3) is 0.579. The number of pyridine rings is 1. The van der Waals surface area contributed by atoms with Gasteiger partial charge in [0.05, 0.1) is 17.1 Å². The Bertz CT molecular complexity index is 791. The Balaban J connectivity index is 1.78. The van der Waals surface area contributed by atoms with Crippen molar-refractivity contribution in [3.8, 4) is 0 Å². The predicted octanol–water partition coefficient (Wildman–Crippen LogP) is 1.84. The van der Waals surface area contributed by atoms with Gasteiger partial charge in [0.15, 0.2) is 5.82 Å². The molecule has 1 aliphatic heterocycles. The molecule has 1 fully saturated rings. The van der Waals surface area contributed by atoms with Crippen LogP contribution in [0.5, 0.6) is 0 Å². The van der Waals surface area contributed by atoms with Crippen LogP contribution in [0.25, 0.3) is 11.0 Å². The molecule has 1 unspecified atom stereocenters. The van der Waals surface area contributed by atoms with E-state index >= 15 is 0 Å². The minimum atomic E-state index is -0.366. The van der Waals surface area contributed by atoms with Crippen LogP contribution in [0.3, 0.4) is 0 Å². The minimum Gasteiger partial charge on any atom is -0.368 e. The number of nitrogens with zero attached hydrogens (tertiary/aromatic N) is 3. The highest BCUT2D eigenvalue weighted by Gasteiger charge is 2.28. The molecule has 1 amide bonds. The molecule has 146 valence electrons. The number of nitrogen functional groups attached to an aromatic ring is 1. The third kappa shape index (κ3) is 4.82. The SMILES string of the molecule is CCCCC(C)(CNC(=O)[C@H]1CCCN1)Nc1nc(N)nc2cccnc12. The first-order valence-electron chi connectivity index (χ1n) is 9.68. The summed E-state index contributed by atoms with van der Waals surface area (Å²) >= 11 is 0. The van der Waals surface area contributed by atoms with Gasteiger partial charge in [-0.05, 0) is 44.9 Å². The van der Waals surface area contributed by atoms with Crippen molar-refractivity contribution in [3.63, 3.8) is 0 Å². The number of fused-ring (bicyclic) bond motifs is 1. The van der Waals surface area contributed by atoms with Gasteiger partial charge in [0.1, 0.15) is 5.52 Å². The van der Waals surface area contributed by atoms with E-state index in [-0.39, 0.29) is 23.4 Å². The minimum absolute atomic E-state index is 0.0576. The Labute approximate surface area is 159 Å². The van der Waals surface area contributed by atoms with Crippen molar-refractivity contribution in [1.29, 1.82) is 0 Å². The van der Waals surface area contributed by atoms with Gasteiger partial charge >= 0.3 is 0 Å². The zero-order valence-corrected chi connectivity index (χ0v) is 16.1. The molecule has 0 radical (unpaired) electrons. The lowest BCUT2D eigenvalue weighted by Gasteiger charge is -2.32. The fourth-order valence-electron chi connectivity index (χ4n) is 3.43. The van der Waals surface area contributed by atoms with E-state index in [1.165, 1.54) is 0 Å². The van der Waals surface area contributed by atoms with Gasteiger partial charge in [0, 0.05) is 12.7 Å². The van der Waals surface area contributed by atoms with Crippen molar-refractivity contribution in [1.82, 2.24) is 25.6 Å². The lowest BCUT2D eigenvalue weighted by Crippen LogP contribution is -2.50. The zero-order valence-electron chi connectivity index (χ0n) is 16.1. The van der Waals surface area contributed by atoms with Crippen molar-refractivity contribution in [2.75, 3.05) is 24.1 Å². The monoisotopic (exact) mass is 371 g/mol. The lowest BCUT2D eigenvalue weighted by molar-refractivity contribution is -0.123. The molecule has 1 aliphatic rings. The van der Waals surface area contributed by atoms with Crippen LogP contribution in [0.2, 0.25) is 0 Å². The molecule has 0 bridgehead atoms. The van der Waals surface area contributed by atoms with Crippen LogP contribution in [-0.2, 0) is 4.79 Å². The Morgan fingerprint density at radius 1 is 1.44 bits per heavy atom. The molecule has 8 nitrogen and oxygen atoms in total. The topological polar surface area (TPSA) is 118 Å². The smallest absolute Gasteiger partial charge is 0.237 e. The number of amides is 1. The van der Waals surface area contributed by atoms with E-state index in [1.54, 1.807) is 6.20 Å². The molecule has 5 N–H and O–H groups in total. The van der Waals surface area contributed by atoms with E-state index in [9.17, 15) is 4.79 Å². The number of nitrogens with two attached hydrogens (primary N) is 1. The molecule has 1 saturated heterocycles. The number of hydrogen-bond donors (Lipinski definition) is 4. The molecule has 0 saturated carbocycles. The highest BCUT2D eigenvalue weighted by molar-refractivity contribution is 5.86. The average Bonchev–Trinajstić information content (AvgIpc) is 3.19. The molecular weight excluding hydrogens is 342 g/mol. The van der Waals surface area contributed by atoms with Crippen LogP contribution in [0.4, 0.5) is 11.8 Å². The van der Waals surface area contributed by atoms with Crippen molar-refractivity contribution < 1.29 is 4.79 Å². The Morgan fingerprint density at radius 2 is 2.30 bits per heavy atom. The highest BCUT2D eigenvalue weighted by Crippen LogP contribution is 2.25. The molecule has 0 aliphatic carbocycles. The van der Waals surface area contributed by atoms with Crippen LogP contribution in [0, 0.1) is 0 Å². The Morgan fingerprint density at radius 3 is 3.04 bits per heavy atom. The summed E-state index contributed by atoms with van der Waals surface area (Å²) in [4.78, 5) is 25.4. The van der Waals surface area contributed by atoms with Gasteiger partial charge in [-0.1, -0.05) is 19.8 Å². The quantitative estimate of drug-likeness (QED) is 0.559. The van der Waals surface area contributed by atoms with Crippen molar-refractivity contribution in [2.45, 2.75) is 57.5 Å². The first-order chi connectivity index (χ1) is 13.0. The highest BCUT2D eigenvalue weighted by atomic mass is 16.2. The van der Waals surface area contributed by atoms with Gasteiger partial charge in [-0.2, -0.15) is 4.98 Å². The Hall–Kier alpha value is -2.48. The van der Waals surface area contributed by atoms with Gasteiger partial charge in [0.2, 0.25) is 11.9 Å². The molecule has 3 heterocycles. The second-order valence-corrected chi connectivity index (χ2v) is 7.46. The second kappa shape index (κ2) is 8.47. The van der Waals surface area contributed by atoms with Gasteiger partial charge in [0.25, 0.3) is 0 Å². The van der Waals surface area contributed by atoms with Crippen LogP contribution in [-0.4, -0.2) is 45.5 Å². The van der Waals surface area contributed by atoms with Crippen LogP contribution < -0.4 is 21.7 Å². The number of carbonyl (C=O) groups is 1. The number of rotatable bonds is 8. The summed E-state index contributed by atoms with van der Waals surface area (Å²) in [6.45, 7) is 5.66. The first-order valence-corrected chi connectivity index (χ1v) is 9.68. The van der Waals surface area contributed by atoms with E-state index in [4.69, 9.17) is 5.73 Å². The van der Waals surface area contributed by atoms with Crippen molar-refractivity contribution in [2.24, 2.45) is 0 Å². The summed E-state index contributed by atoms with van der Waals surface area (Å²) in [6, 6.07) is 3.60. The summed E-state index contributed by atoms with van der Waals surface area (Å²) in [5.74, 6) is 0.863. The van der Waals surface area contributed by atoms with Crippen molar-refractivity contribution in [3.05, 3.63) is 18.3 Å². The predicted molar refractivity (Wildman–Crippen MR) is 107 cm³/mol. The molecule has 27 heavy (non-hydrogen) atoms. The van der Waals surface area contributed by atoms with E-state index in [1.807, 2.05) is 12.1 Å². The number of anilines is 2. The van der Waals surface area contributed by atoms with Crippen LogP contribution >= 0.6 is 0 Å². The summed E-state index contributed by atoms with van der Waals surface area (Å²) in [5, 5.41) is 9.83. The molecule has 0 spiro atoms. The summed E-state index contributed by atoms with van der Waals surface area (Å²) in [6.07, 6.45) is 6.64. The standard InChI is InChI=1S/C19H29N7O/c1-3-4-9-19(2,12-23-17(27)14-8-6-10-21-14)26-16-15-13(7-5-11-22-15)24-18(20)25-16/h5,7,11,14,21H,3-4,6,8-10,12H2,1-2H3,(H,23,27)(H3,20,24,25,26)/t14-,19?/m1/s1. The zero-order chi connectivity index (χ0) is 19.3. The summed E-state index contributed by atoms with van der Waals surface area (Å²) < 4.78 is 0. The molecule has 0 aromatic carbocycles. The second-order valence-electron chi connectivity index (χ2n) is 7.46. The third-order valence-electron chi connectivity index (χ3n) is 5.00. The van der Waals surface area contributed by atoms with Gasteiger partial charge in [-0.25, -0.2) is 4.98 Å². The van der Waals surface area contributed by atoms with Crippen LogP contribution in [0.15, 0.2) is 18.3 Å². The Kier molecular flexibility index (Phi) is 6.05. The van der Waals surface area contributed by atoms with E-state index in [0.29, 0.717) is 23.4 Å². The average molecular weight is 371 g/mol. The van der Waals surface area contributed by atoms with Crippen molar-refractivity contribution >= 4 is 28.7 Å². The number of unbranched alkanes of at least 4 members (excludes halogenated alkanes) is 1. The maximum Gasteiger partial charge on any atom is 0.237 e. The third-order valence-corrected chi connectivity index (χ3v) is 5.00. The molecule has 2 atom stereocenters. The van der Waals surface area contributed by atoms with Gasteiger partial charge < -0.3 is 21.7 Å². The number of aromatic nitrogens is 3. The molecule has 8 heteroatoms. The maximum atomic E-state index is 12.4. The molecule has 3 rings (SSSR count). The van der Waals surface area contributed by atoms with Gasteiger partial charge in [-0.15, -0.1) is 0 Å². The number of nitrogens with one attached hydrogen (secondary N) is 3. The van der Waals surface area contributed by atoms with E-state index < -0.39 is 0 Å². The van der Waals surface area contributed by atoms with Crippen LogP contribution in [0.1, 0.15) is 46.0 Å². The molecular formula is C19H29N7O. The maximum absolute atomic E-state index is 12.4. The summed E-state index contributed by atoms with van der Waals surface area (Å²) in [5.41, 5.74) is 6.89.